The van der Waals surface area contributed by atoms with Crippen LogP contribution < -0.4 is 16.2 Å². The van der Waals surface area contributed by atoms with Crippen molar-refractivity contribution in [3.05, 3.63) is 67.1 Å². The highest BCUT2D eigenvalue weighted by Gasteiger charge is 2.15. The van der Waals surface area contributed by atoms with Gasteiger partial charge in [-0.05, 0) is 29.8 Å². The van der Waals surface area contributed by atoms with Crippen LogP contribution in [0.2, 0.25) is 0 Å². The van der Waals surface area contributed by atoms with Crippen LogP contribution in [0.15, 0.2) is 67.1 Å². The van der Waals surface area contributed by atoms with Crippen LogP contribution in [0.3, 0.4) is 0 Å². The molecule has 0 fully saturated rings. The zero-order valence-electron chi connectivity index (χ0n) is 14.2. The van der Waals surface area contributed by atoms with Crippen molar-refractivity contribution in [1.29, 1.82) is 0 Å². The summed E-state index contributed by atoms with van der Waals surface area (Å²) in [5.74, 6) is 1.25. The van der Waals surface area contributed by atoms with Crippen molar-refractivity contribution >= 4 is 16.9 Å². The summed E-state index contributed by atoms with van der Waals surface area (Å²) in [6.45, 7) is 0.980. The van der Waals surface area contributed by atoms with Crippen LogP contribution in [-0.4, -0.2) is 27.7 Å². The number of aromatic nitrogens is 3. The van der Waals surface area contributed by atoms with E-state index in [4.69, 9.17) is 16.2 Å². The Labute approximate surface area is 151 Å². The van der Waals surface area contributed by atoms with Gasteiger partial charge in [0, 0.05) is 24.0 Å². The molecule has 0 aliphatic heterocycles. The van der Waals surface area contributed by atoms with Gasteiger partial charge in [0.2, 0.25) is 0 Å². The van der Waals surface area contributed by atoms with Gasteiger partial charge >= 0.3 is 0 Å². The number of hydrogen-bond donors (Lipinski definition) is 2. The van der Waals surface area contributed by atoms with Crippen LogP contribution in [-0.2, 0) is 0 Å². The van der Waals surface area contributed by atoms with E-state index in [0.717, 1.165) is 33.6 Å². The van der Waals surface area contributed by atoms with Crippen molar-refractivity contribution in [2.24, 2.45) is 5.73 Å². The molecule has 0 saturated carbocycles. The fourth-order valence-corrected chi connectivity index (χ4v) is 3.00. The second-order valence-electron chi connectivity index (χ2n) is 5.87. The normalized spacial score (nSPS) is 11.0. The monoisotopic (exact) mass is 345 g/mol. The predicted molar refractivity (Wildman–Crippen MR) is 103 cm³/mol. The highest BCUT2D eigenvalue weighted by Crippen LogP contribution is 2.34. The zero-order valence-corrected chi connectivity index (χ0v) is 14.2. The maximum atomic E-state index is 6.17. The van der Waals surface area contributed by atoms with Crippen molar-refractivity contribution in [2.75, 3.05) is 18.9 Å². The standard InChI is InChI=1S/C20H19N5O/c21-10-11-26-16-8-6-15(7-9-16)25-12-17(14-4-2-1-3-5-14)18-19(22)23-13-24-20(18)25/h1-9,12-13H,10-11,21H2,(H2,22,23,24). The number of fused-ring (bicyclic) bond motifs is 1. The van der Waals surface area contributed by atoms with Crippen LogP contribution in [0.5, 0.6) is 5.75 Å². The first-order chi connectivity index (χ1) is 12.8. The lowest BCUT2D eigenvalue weighted by Crippen LogP contribution is -2.10. The van der Waals surface area contributed by atoms with E-state index in [0.29, 0.717) is 19.0 Å². The van der Waals surface area contributed by atoms with Crippen LogP contribution in [0.25, 0.3) is 27.8 Å². The molecule has 0 saturated heterocycles. The van der Waals surface area contributed by atoms with Gasteiger partial charge in [0.25, 0.3) is 0 Å². The Kier molecular flexibility index (Phi) is 4.25. The van der Waals surface area contributed by atoms with Crippen LogP contribution in [0.4, 0.5) is 5.82 Å². The quantitative estimate of drug-likeness (QED) is 0.580. The summed E-state index contributed by atoms with van der Waals surface area (Å²) < 4.78 is 7.56. The SMILES string of the molecule is NCCOc1ccc(-n2cc(-c3ccccc3)c3c(N)ncnc32)cc1. The second-order valence-corrected chi connectivity index (χ2v) is 5.87. The van der Waals surface area contributed by atoms with E-state index >= 15 is 0 Å². The van der Waals surface area contributed by atoms with Crippen LogP contribution >= 0.6 is 0 Å². The third-order valence-electron chi connectivity index (χ3n) is 4.20. The second kappa shape index (κ2) is 6.85. The van der Waals surface area contributed by atoms with E-state index in [1.54, 1.807) is 0 Å². The van der Waals surface area contributed by atoms with Gasteiger partial charge < -0.3 is 20.8 Å². The number of ether oxygens (including phenoxy) is 1. The minimum atomic E-state index is 0.468. The Morgan fingerprint density at radius 1 is 0.962 bits per heavy atom. The molecule has 4 N–H and O–H groups in total. The molecular formula is C20H19N5O. The Bertz CT molecular complexity index is 1030. The van der Waals surface area contributed by atoms with Gasteiger partial charge in [0.15, 0.2) is 5.65 Å². The molecule has 0 unspecified atom stereocenters. The van der Waals surface area contributed by atoms with E-state index in [9.17, 15) is 0 Å². The third-order valence-corrected chi connectivity index (χ3v) is 4.20. The average molecular weight is 345 g/mol. The number of anilines is 1. The van der Waals surface area contributed by atoms with Gasteiger partial charge in [-0.25, -0.2) is 9.97 Å². The van der Waals surface area contributed by atoms with Crippen molar-refractivity contribution in [3.8, 4) is 22.6 Å². The van der Waals surface area contributed by atoms with Crippen LogP contribution in [0, 0.1) is 0 Å². The molecule has 6 heteroatoms. The van der Waals surface area contributed by atoms with E-state index in [-0.39, 0.29) is 0 Å². The molecule has 0 spiro atoms. The molecule has 2 aromatic heterocycles. The highest BCUT2D eigenvalue weighted by molar-refractivity contribution is 6.01. The first-order valence-corrected chi connectivity index (χ1v) is 8.38. The molecule has 2 aromatic carbocycles. The minimum absolute atomic E-state index is 0.468. The van der Waals surface area contributed by atoms with Gasteiger partial charge in [-0.1, -0.05) is 30.3 Å². The summed E-state index contributed by atoms with van der Waals surface area (Å²) in [4.78, 5) is 8.63. The summed E-state index contributed by atoms with van der Waals surface area (Å²) >= 11 is 0. The Morgan fingerprint density at radius 2 is 1.73 bits per heavy atom. The zero-order chi connectivity index (χ0) is 17.9. The van der Waals surface area contributed by atoms with Gasteiger partial charge in [-0.2, -0.15) is 0 Å². The topological polar surface area (TPSA) is 92.0 Å². The Hall–Kier alpha value is -3.38. The summed E-state index contributed by atoms with van der Waals surface area (Å²) in [5, 5.41) is 0.849. The molecule has 0 aliphatic rings. The average Bonchev–Trinajstić information content (AvgIpc) is 3.08. The molecule has 0 atom stereocenters. The highest BCUT2D eigenvalue weighted by atomic mass is 16.5. The van der Waals surface area contributed by atoms with Crippen molar-refractivity contribution in [3.63, 3.8) is 0 Å². The van der Waals surface area contributed by atoms with Crippen LogP contribution in [0.1, 0.15) is 0 Å². The van der Waals surface area contributed by atoms with Crippen molar-refractivity contribution in [1.82, 2.24) is 14.5 Å². The molecule has 2 heterocycles. The number of rotatable bonds is 5. The molecular weight excluding hydrogens is 326 g/mol. The van der Waals surface area contributed by atoms with Crippen molar-refractivity contribution < 1.29 is 4.74 Å². The summed E-state index contributed by atoms with van der Waals surface area (Å²) in [7, 11) is 0. The number of benzene rings is 2. The summed E-state index contributed by atoms with van der Waals surface area (Å²) in [6.07, 6.45) is 3.53. The largest absolute Gasteiger partial charge is 0.492 e. The number of nitrogen functional groups attached to an aromatic ring is 1. The molecule has 4 rings (SSSR count). The molecule has 130 valence electrons. The van der Waals surface area contributed by atoms with E-state index in [2.05, 4.69) is 22.1 Å². The lowest BCUT2D eigenvalue weighted by atomic mass is 10.1. The maximum absolute atomic E-state index is 6.17. The van der Waals surface area contributed by atoms with Crippen molar-refractivity contribution in [2.45, 2.75) is 0 Å². The molecule has 0 bridgehead atoms. The lowest BCUT2D eigenvalue weighted by molar-refractivity contribution is 0.328. The third kappa shape index (κ3) is 2.87. The van der Waals surface area contributed by atoms with E-state index in [1.807, 2.05) is 53.2 Å². The molecule has 0 amide bonds. The van der Waals surface area contributed by atoms with E-state index in [1.165, 1.54) is 6.33 Å². The fraction of sp³-hybridized carbons (Fsp3) is 0.100. The molecule has 26 heavy (non-hydrogen) atoms. The number of nitrogens with two attached hydrogens (primary N) is 2. The first-order valence-electron chi connectivity index (χ1n) is 8.38. The molecule has 6 nitrogen and oxygen atoms in total. The van der Waals surface area contributed by atoms with E-state index < -0.39 is 0 Å². The molecule has 0 radical (unpaired) electrons. The Balaban J connectivity index is 1.85. The smallest absolute Gasteiger partial charge is 0.150 e. The first kappa shape index (κ1) is 16.1. The Morgan fingerprint density at radius 3 is 2.46 bits per heavy atom. The number of hydrogen-bond acceptors (Lipinski definition) is 5. The molecule has 0 aliphatic carbocycles. The van der Waals surface area contributed by atoms with Gasteiger partial charge in [-0.15, -0.1) is 0 Å². The molecule has 4 aromatic rings. The maximum Gasteiger partial charge on any atom is 0.150 e. The fourth-order valence-electron chi connectivity index (χ4n) is 3.00. The van der Waals surface area contributed by atoms with Gasteiger partial charge in [0.1, 0.15) is 24.5 Å². The number of nitrogens with zero attached hydrogens (tertiary/aromatic N) is 3. The predicted octanol–water partition coefficient (Wildman–Crippen LogP) is 3.01. The van der Waals surface area contributed by atoms with Gasteiger partial charge in [0.05, 0.1) is 5.39 Å². The van der Waals surface area contributed by atoms with Gasteiger partial charge in [-0.3, -0.25) is 0 Å². The minimum Gasteiger partial charge on any atom is -0.492 e. The summed E-state index contributed by atoms with van der Waals surface area (Å²) in [5.41, 5.74) is 15.5. The summed E-state index contributed by atoms with van der Waals surface area (Å²) in [6, 6.07) is 17.9. The lowest BCUT2D eigenvalue weighted by Gasteiger charge is -2.07.